The topological polar surface area (TPSA) is 26.0 Å². The zero-order valence-corrected chi connectivity index (χ0v) is 26.1. The van der Waals surface area contributed by atoms with Crippen molar-refractivity contribution < 1.29 is 0 Å². The van der Waals surface area contributed by atoms with Crippen molar-refractivity contribution in [2.75, 3.05) is 0 Å². The van der Waals surface area contributed by atoms with Crippen LogP contribution >= 0.6 is 0 Å². The summed E-state index contributed by atoms with van der Waals surface area (Å²) < 4.78 is 0. The molecular weight excluding hydrogens is 555 g/mol. The van der Waals surface area contributed by atoms with Crippen LogP contribution in [-0.2, 0) is 11.8 Å². The van der Waals surface area contributed by atoms with E-state index in [9.17, 15) is 0 Å². The van der Waals surface area contributed by atoms with Gasteiger partial charge in [0.1, 0.15) is 0 Å². The van der Waals surface area contributed by atoms with Gasteiger partial charge >= 0.3 is 0 Å². The molecule has 1 unspecified atom stereocenters. The van der Waals surface area contributed by atoms with Crippen LogP contribution in [0, 0.1) is 0 Å². The molecule has 46 heavy (non-hydrogen) atoms. The van der Waals surface area contributed by atoms with E-state index in [1.165, 1.54) is 73.0 Å². The number of benzene rings is 5. The Kier molecular flexibility index (Phi) is 8.06. The molecular formula is C45H37N. The molecule has 0 aromatic heterocycles. The van der Waals surface area contributed by atoms with E-state index in [0.29, 0.717) is 0 Å². The number of hydrogen-bond donors (Lipinski definition) is 1. The van der Waals surface area contributed by atoms with Gasteiger partial charge in [0.25, 0.3) is 0 Å². The minimum atomic E-state index is -0.352. The Morgan fingerprint density at radius 1 is 0.609 bits per heavy atom. The first kappa shape index (κ1) is 29.1. The zero-order chi connectivity index (χ0) is 31.3. The fourth-order valence-electron chi connectivity index (χ4n) is 7.33. The van der Waals surface area contributed by atoms with E-state index in [1.807, 2.05) is 30.4 Å². The highest BCUT2D eigenvalue weighted by molar-refractivity contribution is 5.97. The summed E-state index contributed by atoms with van der Waals surface area (Å²) in [6.07, 6.45) is 23.1. The second-order valence-electron chi connectivity index (χ2n) is 11.7. The molecule has 0 heterocycles. The van der Waals surface area contributed by atoms with Crippen molar-refractivity contribution in [2.45, 2.75) is 18.8 Å². The third-order valence-corrected chi connectivity index (χ3v) is 9.16. The van der Waals surface area contributed by atoms with Crippen LogP contribution in [-0.4, -0.2) is 0 Å². The van der Waals surface area contributed by atoms with Gasteiger partial charge in [-0.1, -0.05) is 170 Å². The Hall–Kier alpha value is -5.66. The lowest BCUT2D eigenvalue weighted by Gasteiger charge is -2.30. The van der Waals surface area contributed by atoms with Crippen molar-refractivity contribution in [2.24, 2.45) is 5.73 Å². The second-order valence-corrected chi connectivity index (χ2v) is 11.7. The molecule has 0 bridgehead atoms. The van der Waals surface area contributed by atoms with Crippen LogP contribution in [0.4, 0.5) is 0 Å². The molecule has 0 saturated heterocycles. The highest BCUT2D eigenvalue weighted by atomic mass is 14.5. The van der Waals surface area contributed by atoms with Gasteiger partial charge < -0.3 is 5.73 Å². The van der Waals surface area contributed by atoms with Gasteiger partial charge in [-0.2, -0.15) is 0 Å². The minimum absolute atomic E-state index is 0.352. The van der Waals surface area contributed by atoms with E-state index in [1.54, 1.807) is 0 Å². The molecule has 222 valence electrons. The van der Waals surface area contributed by atoms with Crippen molar-refractivity contribution in [1.82, 2.24) is 0 Å². The van der Waals surface area contributed by atoms with Gasteiger partial charge in [0.05, 0.1) is 5.41 Å². The van der Waals surface area contributed by atoms with E-state index < -0.39 is 0 Å². The highest BCUT2D eigenvalue weighted by Gasteiger charge is 2.51. The quantitative estimate of drug-likeness (QED) is 0.175. The highest BCUT2D eigenvalue weighted by Crippen LogP contribution is 2.63. The summed E-state index contributed by atoms with van der Waals surface area (Å²) in [5, 5.41) is 0. The van der Waals surface area contributed by atoms with Gasteiger partial charge in [0, 0.05) is 0 Å². The molecule has 1 spiro atoms. The Bertz CT molecular complexity index is 2080. The van der Waals surface area contributed by atoms with Crippen LogP contribution in [0.3, 0.4) is 0 Å². The first-order valence-electron chi connectivity index (χ1n) is 16.0. The molecule has 1 heteroatoms. The summed E-state index contributed by atoms with van der Waals surface area (Å²) >= 11 is 0. The van der Waals surface area contributed by atoms with Crippen LogP contribution in [0.25, 0.3) is 33.9 Å². The maximum absolute atomic E-state index is 5.42. The van der Waals surface area contributed by atoms with Gasteiger partial charge in [-0.3, -0.25) is 0 Å². The predicted molar refractivity (Wildman–Crippen MR) is 196 cm³/mol. The molecule has 1 nitrogen and oxygen atoms in total. The molecule has 2 aliphatic rings. The van der Waals surface area contributed by atoms with Crippen molar-refractivity contribution in [3.63, 3.8) is 0 Å². The van der Waals surface area contributed by atoms with Crippen molar-refractivity contribution in [3.05, 3.63) is 215 Å². The Balaban J connectivity index is 1.35. The molecule has 0 radical (unpaired) electrons. The molecule has 0 aliphatic heterocycles. The average molecular weight is 592 g/mol. The van der Waals surface area contributed by atoms with Gasteiger partial charge in [-0.15, -0.1) is 0 Å². The summed E-state index contributed by atoms with van der Waals surface area (Å²) in [5.74, 6) is 0. The van der Waals surface area contributed by atoms with Crippen molar-refractivity contribution >= 4 is 11.6 Å². The largest absolute Gasteiger partial charge is 0.405 e. The first-order valence-corrected chi connectivity index (χ1v) is 16.0. The van der Waals surface area contributed by atoms with Gasteiger partial charge in [-0.25, -0.2) is 0 Å². The fraction of sp³-hybridized carbons (Fsp3) is 0.0667. The number of fused-ring (bicyclic) bond motifs is 10. The summed E-state index contributed by atoms with van der Waals surface area (Å²) in [6.45, 7) is 2.10. The minimum Gasteiger partial charge on any atom is -0.405 e. The monoisotopic (exact) mass is 591 g/mol. The molecule has 0 saturated carbocycles. The molecule has 0 amide bonds. The SMILES string of the molecule is C/C=C\c1cccc2c1-c1ccccc1C21c2ccccc2-c2ccc(C\C=C(/C=C/C=C/C=C\C=C/N)c3ccccc3)cc21. The second kappa shape index (κ2) is 12.8. The molecule has 5 aromatic carbocycles. The zero-order valence-electron chi connectivity index (χ0n) is 26.1. The molecule has 1 atom stereocenters. The summed E-state index contributed by atoms with van der Waals surface area (Å²) in [6, 6.07) is 42.6. The van der Waals surface area contributed by atoms with E-state index in [0.717, 1.165) is 6.42 Å². The van der Waals surface area contributed by atoms with E-state index in [4.69, 9.17) is 5.73 Å². The van der Waals surface area contributed by atoms with Crippen LogP contribution < -0.4 is 5.73 Å². The molecule has 7 rings (SSSR count). The maximum Gasteiger partial charge on any atom is 0.0725 e. The van der Waals surface area contributed by atoms with Gasteiger partial charge in [0.15, 0.2) is 0 Å². The van der Waals surface area contributed by atoms with Gasteiger partial charge in [-0.05, 0) is 92.4 Å². The molecule has 0 fully saturated rings. The Morgan fingerprint density at radius 3 is 2.04 bits per heavy atom. The number of allylic oxidation sites excluding steroid dienone is 10. The van der Waals surface area contributed by atoms with Crippen LogP contribution in [0.5, 0.6) is 0 Å². The van der Waals surface area contributed by atoms with Crippen LogP contribution in [0.1, 0.15) is 45.9 Å². The van der Waals surface area contributed by atoms with Gasteiger partial charge in [0.2, 0.25) is 0 Å². The first-order chi connectivity index (χ1) is 22.8. The van der Waals surface area contributed by atoms with Crippen molar-refractivity contribution in [3.8, 4) is 22.3 Å². The van der Waals surface area contributed by atoms with E-state index in [-0.39, 0.29) is 5.41 Å². The Labute approximate surface area is 272 Å². The van der Waals surface area contributed by atoms with Crippen LogP contribution in [0.2, 0.25) is 0 Å². The Morgan fingerprint density at radius 2 is 1.26 bits per heavy atom. The standard InChI is InChI=1S/C45H37N/c1-2-17-36-21-16-26-42-44(36)39-23-12-14-25-41(39)45(42)40-24-13-11-22-37(40)38-30-28-33(32-43(38)45)27-29-35(34-18-9-7-10-19-34)20-8-5-3-4-6-15-31-46/h2-26,28-32H,27,46H2,1H3/b5-3+,6-4-,17-2-,20-8+,31-15-,35-29+. The van der Waals surface area contributed by atoms with Crippen LogP contribution in [0.15, 0.2) is 176 Å². The van der Waals surface area contributed by atoms with E-state index >= 15 is 0 Å². The predicted octanol–water partition coefficient (Wildman–Crippen LogP) is 10.8. The van der Waals surface area contributed by atoms with Crippen molar-refractivity contribution in [1.29, 1.82) is 0 Å². The third-order valence-electron chi connectivity index (χ3n) is 9.16. The lowest BCUT2D eigenvalue weighted by Crippen LogP contribution is -2.26. The summed E-state index contributed by atoms with van der Waals surface area (Å²) in [7, 11) is 0. The number of rotatable bonds is 8. The van der Waals surface area contributed by atoms with E-state index in [2.05, 4.69) is 153 Å². The average Bonchev–Trinajstić information content (AvgIpc) is 3.57. The lowest BCUT2D eigenvalue weighted by molar-refractivity contribution is 0.792. The normalized spacial score (nSPS) is 16.8. The fourth-order valence-corrected chi connectivity index (χ4v) is 7.33. The maximum atomic E-state index is 5.42. The summed E-state index contributed by atoms with van der Waals surface area (Å²) in [5.41, 5.74) is 20.9. The molecule has 2 aliphatic carbocycles. The number of nitrogens with two attached hydrogens (primary N) is 1. The molecule has 5 aromatic rings. The smallest absolute Gasteiger partial charge is 0.0725 e. The lowest BCUT2D eigenvalue weighted by atomic mass is 9.70. The summed E-state index contributed by atoms with van der Waals surface area (Å²) in [4.78, 5) is 0. The molecule has 2 N–H and O–H groups in total. The third kappa shape index (κ3) is 4.91. The number of hydrogen-bond acceptors (Lipinski definition) is 1.